The van der Waals surface area contributed by atoms with E-state index >= 15 is 0 Å². The van der Waals surface area contributed by atoms with Crippen LogP contribution in [0.3, 0.4) is 0 Å². The molecule has 0 fully saturated rings. The number of anilines is 1. The van der Waals surface area contributed by atoms with Crippen molar-refractivity contribution in [2.75, 3.05) is 18.9 Å². The van der Waals surface area contributed by atoms with Crippen molar-refractivity contribution in [2.45, 2.75) is 13.3 Å². The average Bonchev–Trinajstić information content (AvgIpc) is 3.01. The number of benzene rings is 1. The lowest BCUT2D eigenvalue weighted by atomic mass is 10.1. The summed E-state index contributed by atoms with van der Waals surface area (Å²) in [7, 11) is 1.58. The molecule has 0 atom stereocenters. The number of carbonyl (C=O) groups excluding carboxylic acids is 2. The number of hydrogen-bond acceptors (Lipinski definition) is 3. The Morgan fingerprint density at radius 3 is 2.75 bits per heavy atom. The molecule has 3 rings (SSSR count). The number of para-hydroxylation sites is 1. The fourth-order valence-electron chi connectivity index (χ4n) is 2.85. The smallest absolute Gasteiger partial charge is 0.246 e. The number of aryl methyl sites for hydroxylation is 1. The third-order valence-corrected chi connectivity index (χ3v) is 4.61. The number of fused-ring (bicyclic) bond motifs is 1. The molecular weight excluding hydrogens is 376 g/mol. The van der Waals surface area contributed by atoms with E-state index in [0.29, 0.717) is 16.5 Å². The minimum Gasteiger partial charge on any atom is -0.333 e. The van der Waals surface area contributed by atoms with E-state index in [-0.39, 0.29) is 18.4 Å². The molecule has 0 aliphatic rings. The lowest BCUT2D eigenvalue weighted by Crippen LogP contribution is -2.34. The third-order valence-electron chi connectivity index (χ3n) is 4.34. The SMILES string of the molecule is CCc1ccccc1NC(=O)CN(C)C(=O)/C=C/c1c(Cl)nc2ccccn12. The summed E-state index contributed by atoms with van der Waals surface area (Å²) in [5, 5.41) is 3.17. The van der Waals surface area contributed by atoms with E-state index in [2.05, 4.69) is 10.3 Å². The van der Waals surface area contributed by atoms with Gasteiger partial charge in [-0.2, -0.15) is 0 Å². The van der Waals surface area contributed by atoms with Crippen LogP contribution in [-0.4, -0.2) is 39.7 Å². The maximum absolute atomic E-state index is 12.4. The van der Waals surface area contributed by atoms with Crippen molar-refractivity contribution in [3.63, 3.8) is 0 Å². The van der Waals surface area contributed by atoms with Crippen LogP contribution in [0.15, 0.2) is 54.7 Å². The Kier molecular flexibility index (Phi) is 6.11. The van der Waals surface area contributed by atoms with E-state index in [4.69, 9.17) is 11.6 Å². The Balaban J connectivity index is 1.65. The molecular formula is C21H21ClN4O2. The van der Waals surface area contributed by atoms with Crippen LogP contribution in [0.4, 0.5) is 5.69 Å². The van der Waals surface area contributed by atoms with Gasteiger partial charge in [0.2, 0.25) is 11.8 Å². The maximum Gasteiger partial charge on any atom is 0.246 e. The highest BCUT2D eigenvalue weighted by molar-refractivity contribution is 6.31. The number of nitrogens with zero attached hydrogens (tertiary/aromatic N) is 3. The van der Waals surface area contributed by atoms with Gasteiger partial charge in [-0.25, -0.2) is 4.98 Å². The Hall–Kier alpha value is -3.12. The second-order valence-corrected chi connectivity index (χ2v) is 6.66. The number of pyridine rings is 1. The molecule has 28 heavy (non-hydrogen) atoms. The van der Waals surface area contributed by atoms with Gasteiger partial charge in [-0.1, -0.05) is 42.8 Å². The van der Waals surface area contributed by atoms with E-state index in [1.807, 2.05) is 55.6 Å². The number of imidazole rings is 1. The highest BCUT2D eigenvalue weighted by Crippen LogP contribution is 2.19. The number of likely N-dealkylation sites (N-methyl/N-ethyl adjacent to an activating group) is 1. The van der Waals surface area contributed by atoms with Crippen LogP contribution in [0.2, 0.25) is 5.15 Å². The van der Waals surface area contributed by atoms with Crippen molar-refractivity contribution in [1.82, 2.24) is 14.3 Å². The number of hydrogen-bond donors (Lipinski definition) is 1. The van der Waals surface area contributed by atoms with Crippen LogP contribution in [0.25, 0.3) is 11.7 Å². The summed E-state index contributed by atoms with van der Waals surface area (Å²) in [6, 6.07) is 13.2. The van der Waals surface area contributed by atoms with E-state index in [1.54, 1.807) is 17.5 Å². The first-order chi connectivity index (χ1) is 13.5. The molecule has 2 aromatic heterocycles. The van der Waals surface area contributed by atoms with Crippen LogP contribution in [0.1, 0.15) is 18.2 Å². The summed E-state index contributed by atoms with van der Waals surface area (Å²) in [6.45, 7) is 1.97. The molecule has 3 aromatic rings. The number of amides is 2. The van der Waals surface area contributed by atoms with Gasteiger partial charge in [-0.15, -0.1) is 0 Å². The fourth-order valence-corrected chi connectivity index (χ4v) is 3.09. The molecule has 6 nitrogen and oxygen atoms in total. The highest BCUT2D eigenvalue weighted by atomic mass is 35.5. The van der Waals surface area contributed by atoms with E-state index in [9.17, 15) is 9.59 Å². The average molecular weight is 397 g/mol. The van der Waals surface area contributed by atoms with Gasteiger partial charge in [-0.05, 0) is 36.3 Å². The first kappa shape index (κ1) is 19.6. The first-order valence-electron chi connectivity index (χ1n) is 8.93. The Morgan fingerprint density at radius 1 is 1.21 bits per heavy atom. The molecule has 7 heteroatoms. The molecule has 0 aliphatic carbocycles. The lowest BCUT2D eigenvalue weighted by molar-refractivity contribution is -0.129. The van der Waals surface area contributed by atoms with Gasteiger partial charge in [0.05, 0.1) is 12.2 Å². The predicted molar refractivity (Wildman–Crippen MR) is 111 cm³/mol. The van der Waals surface area contributed by atoms with Crippen LogP contribution < -0.4 is 5.32 Å². The number of carbonyl (C=O) groups is 2. The van der Waals surface area contributed by atoms with Crippen molar-refractivity contribution < 1.29 is 9.59 Å². The molecule has 0 saturated heterocycles. The second kappa shape index (κ2) is 8.71. The van der Waals surface area contributed by atoms with Crippen molar-refractivity contribution in [3.8, 4) is 0 Å². The topological polar surface area (TPSA) is 66.7 Å². The van der Waals surface area contributed by atoms with Crippen molar-refractivity contribution in [1.29, 1.82) is 0 Å². The second-order valence-electron chi connectivity index (χ2n) is 6.30. The van der Waals surface area contributed by atoms with Gasteiger partial charge < -0.3 is 10.2 Å². The summed E-state index contributed by atoms with van der Waals surface area (Å²) in [4.78, 5) is 30.3. The van der Waals surface area contributed by atoms with Crippen LogP contribution in [0, 0.1) is 0 Å². The summed E-state index contributed by atoms with van der Waals surface area (Å²) in [5.41, 5.74) is 3.12. The van der Waals surface area contributed by atoms with Crippen molar-refractivity contribution in [3.05, 3.63) is 71.1 Å². The molecule has 0 unspecified atom stereocenters. The van der Waals surface area contributed by atoms with Crippen LogP contribution in [0.5, 0.6) is 0 Å². The molecule has 1 N–H and O–H groups in total. The molecule has 0 radical (unpaired) electrons. The molecule has 0 spiro atoms. The molecule has 0 bridgehead atoms. The Labute approximate surface area is 168 Å². The molecule has 2 heterocycles. The van der Waals surface area contributed by atoms with Crippen molar-refractivity contribution in [2.24, 2.45) is 0 Å². The number of aromatic nitrogens is 2. The van der Waals surface area contributed by atoms with Crippen molar-refractivity contribution >= 4 is 40.8 Å². The molecule has 1 aromatic carbocycles. The monoisotopic (exact) mass is 396 g/mol. The zero-order valence-electron chi connectivity index (χ0n) is 15.7. The fraction of sp³-hybridized carbons (Fsp3) is 0.190. The minimum absolute atomic E-state index is 0.0535. The molecule has 2 amide bonds. The van der Waals surface area contributed by atoms with Gasteiger partial charge in [0.15, 0.2) is 5.15 Å². The summed E-state index contributed by atoms with van der Waals surface area (Å²) < 4.78 is 1.79. The first-order valence-corrected chi connectivity index (χ1v) is 9.31. The molecule has 0 aliphatic heterocycles. The lowest BCUT2D eigenvalue weighted by Gasteiger charge is -2.16. The zero-order valence-corrected chi connectivity index (χ0v) is 16.5. The molecule has 144 valence electrons. The van der Waals surface area contributed by atoms with Gasteiger partial charge in [0.25, 0.3) is 0 Å². The third kappa shape index (κ3) is 4.40. The standard InChI is InChI=1S/C21H21ClN4O2/c1-3-15-8-4-5-9-16(15)23-19(27)14-25(2)20(28)12-11-17-21(22)24-18-10-6-7-13-26(17)18/h4-13H,3,14H2,1-2H3,(H,23,27)/b12-11+. The Morgan fingerprint density at radius 2 is 1.96 bits per heavy atom. The quantitative estimate of drug-likeness (QED) is 0.646. The maximum atomic E-state index is 12.4. The Bertz CT molecular complexity index is 1040. The summed E-state index contributed by atoms with van der Waals surface area (Å²) >= 11 is 6.16. The molecule has 0 saturated carbocycles. The summed E-state index contributed by atoms with van der Waals surface area (Å²) in [5.74, 6) is -0.557. The number of nitrogens with one attached hydrogen (secondary N) is 1. The normalized spacial score (nSPS) is 11.1. The van der Waals surface area contributed by atoms with Crippen LogP contribution in [-0.2, 0) is 16.0 Å². The van der Waals surface area contributed by atoms with Gasteiger partial charge >= 0.3 is 0 Å². The minimum atomic E-state index is -0.305. The van der Waals surface area contributed by atoms with Gasteiger partial charge in [0, 0.05) is 25.0 Å². The number of rotatable bonds is 6. The predicted octanol–water partition coefficient (Wildman–Crippen LogP) is 3.66. The highest BCUT2D eigenvalue weighted by Gasteiger charge is 2.13. The van der Waals surface area contributed by atoms with E-state index in [0.717, 1.165) is 17.7 Å². The van der Waals surface area contributed by atoms with Gasteiger partial charge in [0.1, 0.15) is 5.65 Å². The van der Waals surface area contributed by atoms with Crippen LogP contribution >= 0.6 is 11.6 Å². The largest absolute Gasteiger partial charge is 0.333 e. The van der Waals surface area contributed by atoms with E-state index < -0.39 is 0 Å². The zero-order chi connectivity index (χ0) is 20.1. The van der Waals surface area contributed by atoms with E-state index in [1.165, 1.54) is 11.0 Å². The van der Waals surface area contributed by atoms with Gasteiger partial charge in [-0.3, -0.25) is 14.0 Å². The summed E-state index contributed by atoms with van der Waals surface area (Å²) in [6.07, 6.45) is 5.62. The number of halogens is 1.